The number of thiophene rings is 1. The molecule has 0 atom stereocenters. The molecule has 1 saturated heterocycles. The number of carbonyl (C=O) groups is 2. The Hall–Kier alpha value is -3.48. The van der Waals surface area contributed by atoms with E-state index in [1.54, 1.807) is 18.3 Å². The maximum Gasteiger partial charge on any atom is 0.308 e. The molecule has 1 aliphatic rings. The van der Waals surface area contributed by atoms with Crippen molar-refractivity contribution in [2.75, 3.05) is 26.2 Å². The summed E-state index contributed by atoms with van der Waals surface area (Å²) in [7, 11) is 0. The number of benzene rings is 3. The Morgan fingerprint density at radius 1 is 0.927 bits per heavy atom. The average Bonchev–Trinajstić information content (AvgIpc) is 3.34. The molecule has 41 heavy (non-hydrogen) atoms. The number of Topliss-reactive ketones (excluding diaryl/α,β-unsaturated/α-hetero) is 1. The molecular weight excluding hydrogens is 530 g/mol. The van der Waals surface area contributed by atoms with Crippen LogP contribution in [0.2, 0.25) is 0 Å². The van der Waals surface area contributed by atoms with Gasteiger partial charge in [-0.2, -0.15) is 0 Å². The number of fused-ring (bicyclic) bond motifs is 1. The first-order chi connectivity index (χ1) is 19.9. The molecule has 2 heterocycles. The van der Waals surface area contributed by atoms with Crippen molar-refractivity contribution >= 4 is 33.2 Å². The smallest absolute Gasteiger partial charge is 0.308 e. The third-order valence-electron chi connectivity index (χ3n) is 7.80. The van der Waals surface area contributed by atoms with E-state index in [9.17, 15) is 9.59 Å². The van der Waals surface area contributed by atoms with Crippen molar-refractivity contribution in [1.29, 1.82) is 0 Å². The highest BCUT2D eigenvalue weighted by Gasteiger charge is 2.18. The van der Waals surface area contributed by atoms with Gasteiger partial charge in [0.15, 0.2) is 5.78 Å². The second-order valence-electron chi connectivity index (χ2n) is 10.9. The molecule has 3 aromatic carbocycles. The molecule has 4 aromatic rings. The predicted molar refractivity (Wildman–Crippen MR) is 168 cm³/mol. The highest BCUT2D eigenvalue weighted by molar-refractivity contribution is 7.22. The lowest BCUT2D eigenvalue weighted by Gasteiger charge is -2.26. The van der Waals surface area contributed by atoms with Crippen molar-refractivity contribution in [3.8, 4) is 21.9 Å². The van der Waals surface area contributed by atoms with E-state index in [0.29, 0.717) is 5.75 Å². The Morgan fingerprint density at radius 3 is 2.41 bits per heavy atom. The summed E-state index contributed by atoms with van der Waals surface area (Å²) in [5.74, 6) is 1.26. The number of ether oxygens (including phenoxy) is 2. The number of aryl methyl sites for hydroxylation is 1. The molecule has 0 amide bonds. The van der Waals surface area contributed by atoms with Crippen LogP contribution in [0.15, 0.2) is 60.7 Å². The molecule has 0 aliphatic carbocycles. The van der Waals surface area contributed by atoms with Crippen molar-refractivity contribution in [3.05, 3.63) is 82.9 Å². The molecule has 5 rings (SSSR count). The van der Waals surface area contributed by atoms with E-state index in [1.165, 1.54) is 55.3 Å². The number of rotatable bonds is 11. The first kappa shape index (κ1) is 29.0. The van der Waals surface area contributed by atoms with E-state index in [1.807, 2.05) is 24.3 Å². The van der Waals surface area contributed by atoms with Crippen LogP contribution in [-0.2, 0) is 17.6 Å². The summed E-state index contributed by atoms with van der Waals surface area (Å²) in [5.41, 5.74) is 5.24. The Morgan fingerprint density at radius 2 is 1.71 bits per heavy atom. The molecule has 0 unspecified atom stereocenters. The Balaban J connectivity index is 1.37. The van der Waals surface area contributed by atoms with Crippen LogP contribution in [0.25, 0.3) is 20.5 Å². The summed E-state index contributed by atoms with van der Waals surface area (Å²) in [6.45, 7) is 9.38. The van der Waals surface area contributed by atoms with Crippen LogP contribution in [0.3, 0.4) is 0 Å². The molecule has 5 nitrogen and oxygen atoms in total. The maximum atomic E-state index is 12.1. The van der Waals surface area contributed by atoms with Crippen molar-refractivity contribution in [3.63, 3.8) is 0 Å². The third kappa shape index (κ3) is 7.24. The van der Waals surface area contributed by atoms with E-state index in [-0.39, 0.29) is 11.8 Å². The zero-order valence-electron chi connectivity index (χ0n) is 24.3. The number of likely N-dealkylation sites (tertiary alicyclic amines) is 1. The van der Waals surface area contributed by atoms with Gasteiger partial charge in [-0.25, -0.2) is 0 Å². The van der Waals surface area contributed by atoms with Gasteiger partial charge in [0.2, 0.25) is 0 Å². The second kappa shape index (κ2) is 13.5. The lowest BCUT2D eigenvalue weighted by atomic mass is 9.97. The van der Waals surface area contributed by atoms with Gasteiger partial charge in [-0.05, 0) is 116 Å². The molecule has 0 N–H and O–H groups in total. The van der Waals surface area contributed by atoms with Gasteiger partial charge in [-0.1, -0.05) is 37.6 Å². The topological polar surface area (TPSA) is 55.8 Å². The first-order valence-corrected chi connectivity index (χ1v) is 15.5. The summed E-state index contributed by atoms with van der Waals surface area (Å²) in [6, 6.07) is 20.5. The SMILES string of the molecule is CCc1cc(-c2sc3cc(C(C)=O)ccc3c2Cc2ccc(OCCCN3CCCCC3)cc2)ccc1OC(C)=O. The molecule has 214 valence electrons. The van der Waals surface area contributed by atoms with Crippen LogP contribution in [0.1, 0.15) is 73.5 Å². The van der Waals surface area contributed by atoms with Gasteiger partial charge in [-0.15, -0.1) is 11.3 Å². The van der Waals surface area contributed by atoms with Gasteiger partial charge >= 0.3 is 5.97 Å². The number of nitrogens with zero attached hydrogens (tertiary/aromatic N) is 1. The third-order valence-corrected chi connectivity index (χ3v) is 9.04. The molecule has 6 heteroatoms. The molecule has 0 spiro atoms. The minimum absolute atomic E-state index is 0.0638. The fourth-order valence-corrected chi connectivity index (χ4v) is 6.85. The van der Waals surface area contributed by atoms with Gasteiger partial charge in [0, 0.05) is 28.6 Å². The van der Waals surface area contributed by atoms with Gasteiger partial charge in [0.25, 0.3) is 0 Å². The summed E-state index contributed by atoms with van der Waals surface area (Å²) < 4.78 is 12.6. The van der Waals surface area contributed by atoms with Crippen LogP contribution in [0, 0.1) is 0 Å². The number of hydrogen-bond donors (Lipinski definition) is 0. The van der Waals surface area contributed by atoms with E-state index in [0.717, 1.165) is 64.9 Å². The fraction of sp³-hybridized carbons (Fsp3) is 0.371. The summed E-state index contributed by atoms with van der Waals surface area (Å²) in [5, 5.41) is 1.16. The van der Waals surface area contributed by atoms with Crippen molar-refractivity contribution in [2.24, 2.45) is 0 Å². The standard InChI is InChI=1S/C35H39NO4S/c1-4-27-22-29(12-16-33(27)40-25(3)38)35-32(31-15-11-28(24(2)37)23-34(31)41-35)21-26-9-13-30(14-10-26)39-20-8-19-36-17-6-5-7-18-36/h9-16,22-23H,4-8,17-21H2,1-3H3. The minimum atomic E-state index is -0.318. The predicted octanol–water partition coefficient (Wildman–Crippen LogP) is 8.10. The number of esters is 1. The van der Waals surface area contributed by atoms with Crippen LogP contribution in [0.5, 0.6) is 11.5 Å². The molecular formula is C35H39NO4S. The van der Waals surface area contributed by atoms with Crippen molar-refractivity contribution < 1.29 is 19.1 Å². The van der Waals surface area contributed by atoms with E-state index in [4.69, 9.17) is 9.47 Å². The van der Waals surface area contributed by atoms with Crippen molar-refractivity contribution in [1.82, 2.24) is 4.90 Å². The van der Waals surface area contributed by atoms with Crippen LogP contribution < -0.4 is 9.47 Å². The second-order valence-corrected chi connectivity index (χ2v) is 11.9. The lowest BCUT2D eigenvalue weighted by Crippen LogP contribution is -2.31. The maximum absolute atomic E-state index is 12.1. The zero-order chi connectivity index (χ0) is 28.8. The highest BCUT2D eigenvalue weighted by atomic mass is 32.1. The largest absolute Gasteiger partial charge is 0.494 e. The molecule has 0 radical (unpaired) electrons. The van der Waals surface area contributed by atoms with Gasteiger partial charge in [0.05, 0.1) is 6.61 Å². The Bertz CT molecular complexity index is 1520. The minimum Gasteiger partial charge on any atom is -0.494 e. The zero-order valence-corrected chi connectivity index (χ0v) is 25.1. The highest BCUT2D eigenvalue weighted by Crippen LogP contribution is 2.41. The van der Waals surface area contributed by atoms with E-state index >= 15 is 0 Å². The van der Waals surface area contributed by atoms with Crippen molar-refractivity contribution in [2.45, 2.75) is 59.3 Å². The summed E-state index contributed by atoms with van der Waals surface area (Å²) >= 11 is 1.71. The number of hydrogen-bond acceptors (Lipinski definition) is 6. The first-order valence-electron chi connectivity index (χ1n) is 14.7. The molecule has 0 bridgehead atoms. The Labute approximate surface area is 247 Å². The number of piperidine rings is 1. The molecule has 1 fully saturated rings. The van der Waals surface area contributed by atoms with Crippen LogP contribution >= 0.6 is 11.3 Å². The van der Waals surface area contributed by atoms with Gasteiger partial charge in [0.1, 0.15) is 11.5 Å². The average molecular weight is 570 g/mol. The number of carbonyl (C=O) groups excluding carboxylic acids is 2. The number of ketones is 1. The summed E-state index contributed by atoms with van der Waals surface area (Å²) in [4.78, 5) is 27.4. The van der Waals surface area contributed by atoms with Gasteiger partial charge < -0.3 is 14.4 Å². The quantitative estimate of drug-likeness (QED) is 0.0790. The molecule has 1 aliphatic heterocycles. The molecule has 0 saturated carbocycles. The molecule has 1 aromatic heterocycles. The fourth-order valence-electron chi connectivity index (χ4n) is 5.60. The van der Waals surface area contributed by atoms with E-state index < -0.39 is 0 Å². The summed E-state index contributed by atoms with van der Waals surface area (Å²) in [6.07, 6.45) is 6.57. The lowest BCUT2D eigenvalue weighted by molar-refractivity contribution is -0.131. The normalized spacial score (nSPS) is 13.8. The van der Waals surface area contributed by atoms with Crippen LogP contribution in [-0.4, -0.2) is 42.9 Å². The van der Waals surface area contributed by atoms with Crippen LogP contribution in [0.4, 0.5) is 0 Å². The monoisotopic (exact) mass is 569 g/mol. The Kier molecular flexibility index (Phi) is 9.53. The van der Waals surface area contributed by atoms with Gasteiger partial charge in [-0.3, -0.25) is 9.59 Å². The van der Waals surface area contributed by atoms with E-state index in [2.05, 4.69) is 48.2 Å².